The van der Waals surface area contributed by atoms with Crippen molar-refractivity contribution in [2.24, 2.45) is 46.3 Å². The first-order valence-electron chi connectivity index (χ1n) is 13.9. The molecule has 4 aliphatic rings. The summed E-state index contributed by atoms with van der Waals surface area (Å²) < 4.78 is 0. The highest BCUT2D eigenvalue weighted by molar-refractivity contribution is 5.78. The summed E-state index contributed by atoms with van der Waals surface area (Å²) in [7, 11) is 4.03. The van der Waals surface area contributed by atoms with Crippen molar-refractivity contribution in [2.75, 3.05) is 33.7 Å². The summed E-state index contributed by atoms with van der Waals surface area (Å²) in [5.41, 5.74) is 0.924. The van der Waals surface area contributed by atoms with Gasteiger partial charge < -0.3 is 15.5 Å². The fourth-order valence-electron chi connectivity index (χ4n) is 9.38. The molecule has 4 fully saturated rings. The molecule has 2 N–H and O–H groups in total. The van der Waals surface area contributed by atoms with Gasteiger partial charge in [0.15, 0.2) is 0 Å². The van der Waals surface area contributed by atoms with Gasteiger partial charge in [-0.25, -0.2) is 0 Å². The second kappa shape index (κ2) is 9.56. The summed E-state index contributed by atoms with van der Waals surface area (Å²) in [5.74, 6) is 4.70. The van der Waals surface area contributed by atoms with E-state index in [0.29, 0.717) is 22.7 Å². The molecule has 4 aliphatic carbocycles. The van der Waals surface area contributed by atoms with Crippen molar-refractivity contribution in [3.05, 3.63) is 0 Å². The third-order valence-corrected chi connectivity index (χ3v) is 11.4. The molecule has 0 aromatic heterocycles. The standard InChI is InChI=1S/C28H51N3O/c1-7-31(6)26(32)19(2)23-10-11-24-22-9-8-20-18-21(30-17-16-29-5)12-14-27(20,3)25(22)13-15-28(23,24)4/h19-25,29-30H,7-18H2,1-6H3. The van der Waals surface area contributed by atoms with Crippen LogP contribution >= 0.6 is 0 Å². The number of hydrogen-bond acceptors (Lipinski definition) is 3. The van der Waals surface area contributed by atoms with Crippen LogP contribution in [0.15, 0.2) is 0 Å². The van der Waals surface area contributed by atoms with Gasteiger partial charge in [-0.2, -0.15) is 0 Å². The highest BCUT2D eigenvalue weighted by atomic mass is 16.2. The molecule has 1 amide bonds. The number of amides is 1. The number of nitrogens with one attached hydrogen (secondary N) is 2. The van der Waals surface area contributed by atoms with Crippen molar-refractivity contribution in [2.45, 2.75) is 91.5 Å². The number of carbonyl (C=O) groups excluding carboxylic acids is 1. The minimum Gasteiger partial charge on any atom is -0.346 e. The number of nitrogens with zero attached hydrogens (tertiary/aromatic N) is 1. The molecule has 32 heavy (non-hydrogen) atoms. The number of hydrogen-bond donors (Lipinski definition) is 2. The first kappa shape index (κ1) is 24.5. The zero-order valence-electron chi connectivity index (χ0n) is 21.9. The molecule has 4 saturated carbocycles. The summed E-state index contributed by atoms with van der Waals surface area (Å²) in [6, 6.07) is 0.727. The Morgan fingerprint density at radius 3 is 2.44 bits per heavy atom. The fraction of sp³-hybridized carbons (Fsp3) is 0.964. The predicted molar refractivity (Wildman–Crippen MR) is 133 cm³/mol. The Morgan fingerprint density at radius 2 is 1.72 bits per heavy atom. The average molecular weight is 446 g/mol. The van der Waals surface area contributed by atoms with Crippen LogP contribution in [0.5, 0.6) is 0 Å². The summed E-state index contributed by atoms with van der Waals surface area (Å²) in [4.78, 5) is 15.0. The lowest BCUT2D eigenvalue weighted by Gasteiger charge is -2.61. The molecule has 0 aliphatic heterocycles. The van der Waals surface area contributed by atoms with Crippen molar-refractivity contribution in [3.8, 4) is 0 Å². The average Bonchev–Trinajstić information content (AvgIpc) is 3.15. The fourth-order valence-corrected chi connectivity index (χ4v) is 9.38. The molecule has 0 spiro atoms. The van der Waals surface area contributed by atoms with E-state index in [1.165, 1.54) is 57.8 Å². The van der Waals surface area contributed by atoms with Gasteiger partial charge in [-0.05, 0) is 112 Å². The van der Waals surface area contributed by atoms with Crippen LogP contribution < -0.4 is 10.6 Å². The first-order valence-corrected chi connectivity index (χ1v) is 13.9. The molecule has 184 valence electrons. The van der Waals surface area contributed by atoms with Crippen molar-refractivity contribution in [1.29, 1.82) is 0 Å². The van der Waals surface area contributed by atoms with Gasteiger partial charge in [-0.3, -0.25) is 4.79 Å². The second-order valence-electron chi connectivity index (χ2n) is 12.6. The molecule has 0 heterocycles. The Labute approximate surface area is 198 Å². The van der Waals surface area contributed by atoms with Crippen LogP contribution in [-0.4, -0.2) is 50.6 Å². The molecule has 0 aromatic carbocycles. The normalized spacial score (nSPS) is 44.3. The zero-order chi connectivity index (χ0) is 23.1. The number of rotatable bonds is 7. The van der Waals surface area contributed by atoms with Gasteiger partial charge in [0.05, 0.1) is 0 Å². The van der Waals surface area contributed by atoms with E-state index in [2.05, 4.69) is 38.3 Å². The van der Waals surface area contributed by atoms with Crippen molar-refractivity contribution in [1.82, 2.24) is 15.5 Å². The Hall–Kier alpha value is -0.610. The maximum Gasteiger partial charge on any atom is 0.225 e. The van der Waals surface area contributed by atoms with E-state index in [1.807, 2.05) is 19.0 Å². The Balaban J connectivity index is 1.45. The van der Waals surface area contributed by atoms with Gasteiger partial charge in [-0.1, -0.05) is 20.8 Å². The van der Waals surface area contributed by atoms with E-state index in [0.717, 1.165) is 49.3 Å². The lowest BCUT2D eigenvalue weighted by atomic mass is 9.44. The Bertz CT molecular complexity index is 667. The van der Waals surface area contributed by atoms with Gasteiger partial charge in [0.25, 0.3) is 0 Å². The van der Waals surface area contributed by atoms with Gasteiger partial charge >= 0.3 is 0 Å². The molecular formula is C28H51N3O. The van der Waals surface area contributed by atoms with Crippen LogP contribution in [0.2, 0.25) is 0 Å². The summed E-state index contributed by atoms with van der Waals surface area (Å²) in [6.45, 7) is 12.6. The number of likely N-dealkylation sites (N-methyl/N-ethyl adjacent to an activating group) is 1. The van der Waals surface area contributed by atoms with E-state index in [1.54, 1.807) is 0 Å². The van der Waals surface area contributed by atoms with E-state index in [-0.39, 0.29) is 5.92 Å². The molecule has 4 nitrogen and oxygen atoms in total. The van der Waals surface area contributed by atoms with Crippen LogP contribution in [0.4, 0.5) is 0 Å². The minimum atomic E-state index is 0.178. The maximum atomic E-state index is 13.0. The van der Waals surface area contributed by atoms with Crippen molar-refractivity contribution < 1.29 is 4.79 Å². The van der Waals surface area contributed by atoms with E-state index in [9.17, 15) is 4.79 Å². The summed E-state index contributed by atoms with van der Waals surface area (Å²) in [6.07, 6.45) is 12.4. The minimum absolute atomic E-state index is 0.178. The van der Waals surface area contributed by atoms with E-state index >= 15 is 0 Å². The highest BCUT2D eigenvalue weighted by Crippen LogP contribution is 2.68. The molecule has 0 bridgehead atoms. The zero-order valence-corrected chi connectivity index (χ0v) is 21.9. The molecule has 4 heteroatoms. The summed E-state index contributed by atoms with van der Waals surface area (Å²) >= 11 is 0. The maximum absolute atomic E-state index is 13.0. The largest absolute Gasteiger partial charge is 0.346 e. The first-order chi connectivity index (χ1) is 15.3. The Morgan fingerprint density at radius 1 is 1.00 bits per heavy atom. The molecule has 9 atom stereocenters. The number of fused-ring (bicyclic) bond motifs is 5. The lowest BCUT2D eigenvalue weighted by Crippen LogP contribution is -2.55. The van der Waals surface area contributed by atoms with E-state index in [4.69, 9.17) is 0 Å². The molecule has 0 radical (unpaired) electrons. The third-order valence-electron chi connectivity index (χ3n) is 11.4. The van der Waals surface area contributed by atoms with Gasteiger partial charge in [0, 0.05) is 38.6 Å². The monoisotopic (exact) mass is 445 g/mol. The predicted octanol–water partition coefficient (Wildman–Crippen LogP) is 4.94. The third kappa shape index (κ3) is 4.06. The summed E-state index contributed by atoms with van der Waals surface area (Å²) in [5, 5.41) is 7.11. The molecule has 0 aromatic rings. The number of carbonyl (C=O) groups is 1. The van der Waals surface area contributed by atoms with Gasteiger partial charge in [-0.15, -0.1) is 0 Å². The van der Waals surface area contributed by atoms with Crippen molar-refractivity contribution >= 4 is 5.91 Å². The second-order valence-corrected chi connectivity index (χ2v) is 12.6. The quantitative estimate of drug-likeness (QED) is 0.546. The van der Waals surface area contributed by atoms with Crippen molar-refractivity contribution in [3.63, 3.8) is 0 Å². The molecule has 0 saturated heterocycles. The SMILES string of the molecule is CCN(C)C(=O)C(C)C1CCC2C3CCC4CC(NCCNC)CCC4(C)C3CCC12C. The van der Waals surface area contributed by atoms with Crippen LogP contribution in [0.3, 0.4) is 0 Å². The van der Waals surface area contributed by atoms with Gasteiger partial charge in [0.1, 0.15) is 0 Å². The van der Waals surface area contributed by atoms with Crippen LogP contribution in [0.25, 0.3) is 0 Å². The molecular weight excluding hydrogens is 394 g/mol. The van der Waals surface area contributed by atoms with E-state index < -0.39 is 0 Å². The molecule has 4 rings (SSSR count). The Kier molecular flexibility index (Phi) is 7.33. The lowest BCUT2D eigenvalue weighted by molar-refractivity contribution is -0.141. The highest BCUT2D eigenvalue weighted by Gasteiger charge is 2.61. The van der Waals surface area contributed by atoms with Crippen LogP contribution in [0.1, 0.15) is 85.5 Å². The smallest absolute Gasteiger partial charge is 0.225 e. The van der Waals surface area contributed by atoms with Gasteiger partial charge in [0.2, 0.25) is 5.91 Å². The molecule has 9 unspecified atom stereocenters. The van der Waals surface area contributed by atoms with Crippen LogP contribution in [-0.2, 0) is 4.79 Å². The topological polar surface area (TPSA) is 44.4 Å². The van der Waals surface area contributed by atoms with Crippen LogP contribution in [0, 0.1) is 46.3 Å².